The number of hydrogen-bond acceptors (Lipinski definition) is 8. The summed E-state index contributed by atoms with van der Waals surface area (Å²) in [5.74, 6) is 1.27. The Morgan fingerprint density at radius 1 is 1.03 bits per heavy atom. The van der Waals surface area contributed by atoms with E-state index >= 15 is 0 Å². The van der Waals surface area contributed by atoms with Crippen molar-refractivity contribution in [2.24, 2.45) is 0 Å². The van der Waals surface area contributed by atoms with Crippen molar-refractivity contribution < 1.29 is 14.3 Å². The van der Waals surface area contributed by atoms with Crippen LogP contribution >= 0.6 is 22.7 Å². The zero-order valence-corrected chi connectivity index (χ0v) is 18.4. The fourth-order valence-electron chi connectivity index (χ4n) is 3.61. The van der Waals surface area contributed by atoms with Gasteiger partial charge in [0.25, 0.3) is 5.91 Å². The van der Waals surface area contributed by atoms with Crippen molar-refractivity contribution in [2.45, 2.75) is 6.54 Å². The SMILES string of the molecule is O=C(c1ccc2ncsc2c1)N(Cc1cccnc1)c1nc2cc3c(cc2s1)OCCO3. The predicted molar refractivity (Wildman–Crippen MR) is 125 cm³/mol. The van der Waals surface area contributed by atoms with Gasteiger partial charge in [-0.3, -0.25) is 14.7 Å². The minimum absolute atomic E-state index is 0.125. The van der Waals surface area contributed by atoms with Crippen LogP contribution in [0.5, 0.6) is 11.5 Å². The van der Waals surface area contributed by atoms with Crippen LogP contribution in [0.25, 0.3) is 20.4 Å². The number of benzene rings is 2. The molecule has 1 aliphatic rings. The van der Waals surface area contributed by atoms with E-state index in [0.29, 0.717) is 42.0 Å². The zero-order chi connectivity index (χ0) is 21.5. The van der Waals surface area contributed by atoms with Crippen LogP contribution in [0, 0.1) is 0 Å². The smallest absolute Gasteiger partial charge is 0.260 e. The number of fused-ring (bicyclic) bond motifs is 3. The lowest BCUT2D eigenvalue weighted by Gasteiger charge is -2.20. The Morgan fingerprint density at radius 3 is 2.75 bits per heavy atom. The fourth-order valence-corrected chi connectivity index (χ4v) is 5.30. The lowest BCUT2D eigenvalue weighted by Crippen LogP contribution is -2.30. The van der Waals surface area contributed by atoms with E-state index in [2.05, 4.69) is 9.97 Å². The van der Waals surface area contributed by atoms with E-state index in [1.807, 2.05) is 42.5 Å². The topological polar surface area (TPSA) is 77.4 Å². The van der Waals surface area contributed by atoms with Crippen molar-refractivity contribution in [2.75, 3.05) is 18.1 Å². The van der Waals surface area contributed by atoms with Gasteiger partial charge in [0.05, 0.1) is 32.5 Å². The summed E-state index contributed by atoms with van der Waals surface area (Å²) in [6.45, 7) is 1.40. The molecule has 1 aliphatic heterocycles. The number of aromatic nitrogens is 3. The van der Waals surface area contributed by atoms with E-state index in [-0.39, 0.29) is 5.91 Å². The van der Waals surface area contributed by atoms with Gasteiger partial charge in [0.15, 0.2) is 16.6 Å². The molecule has 0 spiro atoms. The Labute approximate surface area is 190 Å². The Morgan fingerprint density at radius 2 is 1.91 bits per heavy atom. The molecule has 0 saturated carbocycles. The first-order valence-corrected chi connectivity index (χ1v) is 11.7. The molecule has 158 valence electrons. The first-order valence-electron chi connectivity index (χ1n) is 9.99. The second-order valence-electron chi connectivity index (χ2n) is 7.25. The summed E-state index contributed by atoms with van der Waals surface area (Å²) in [6.07, 6.45) is 3.48. The van der Waals surface area contributed by atoms with Crippen LogP contribution in [0.2, 0.25) is 0 Å². The number of carbonyl (C=O) groups is 1. The van der Waals surface area contributed by atoms with Crippen molar-refractivity contribution >= 4 is 54.1 Å². The minimum atomic E-state index is -0.125. The normalized spacial score (nSPS) is 12.9. The number of nitrogens with zero attached hydrogens (tertiary/aromatic N) is 4. The fraction of sp³-hybridized carbons (Fsp3) is 0.130. The van der Waals surface area contributed by atoms with Crippen LogP contribution in [0.1, 0.15) is 15.9 Å². The predicted octanol–water partition coefficient (Wildman–Crippen LogP) is 4.92. The van der Waals surface area contributed by atoms with Gasteiger partial charge in [-0.25, -0.2) is 9.97 Å². The highest BCUT2D eigenvalue weighted by molar-refractivity contribution is 7.22. The van der Waals surface area contributed by atoms with Crippen molar-refractivity contribution in [1.82, 2.24) is 15.0 Å². The molecule has 0 saturated heterocycles. The molecule has 32 heavy (non-hydrogen) atoms. The summed E-state index contributed by atoms with van der Waals surface area (Å²) < 4.78 is 13.3. The highest BCUT2D eigenvalue weighted by Gasteiger charge is 2.24. The van der Waals surface area contributed by atoms with Gasteiger partial charge in [-0.15, -0.1) is 11.3 Å². The average molecular weight is 461 g/mol. The molecule has 3 aromatic heterocycles. The molecule has 0 aliphatic carbocycles. The third-order valence-electron chi connectivity index (χ3n) is 5.16. The molecular weight excluding hydrogens is 444 g/mol. The highest BCUT2D eigenvalue weighted by atomic mass is 32.1. The van der Waals surface area contributed by atoms with Crippen LogP contribution in [0.4, 0.5) is 5.13 Å². The Balaban J connectivity index is 1.43. The van der Waals surface area contributed by atoms with E-state index in [4.69, 9.17) is 14.5 Å². The number of carbonyl (C=O) groups excluding carboxylic acids is 1. The van der Waals surface area contributed by atoms with Crippen LogP contribution in [0.15, 0.2) is 60.4 Å². The summed E-state index contributed by atoms with van der Waals surface area (Å²) in [4.78, 5) is 28.6. The Bertz CT molecular complexity index is 1400. The minimum Gasteiger partial charge on any atom is -0.486 e. The van der Waals surface area contributed by atoms with Crippen LogP contribution in [-0.2, 0) is 6.54 Å². The maximum atomic E-state index is 13.7. The maximum absolute atomic E-state index is 13.7. The molecule has 9 heteroatoms. The highest BCUT2D eigenvalue weighted by Crippen LogP contribution is 2.39. The molecule has 0 bridgehead atoms. The molecular formula is C23H16N4O3S2. The van der Waals surface area contributed by atoms with Gasteiger partial charge < -0.3 is 9.47 Å². The van der Waals surface area contributed by atoms with Crippen molar-refractivity contribution in [3.63, 3.8) is 0 Å². The lowest BCUT2D eigenvalue weighted by atomic mass is 10.1. The number of hydrogen-bond donors (Lipinski definition) is 0. The van der Waals surface area contributed by atoms with Crippen LogP contribution in [0.3, 0.4) is 0 Å². The molecule has 4 heterocycles. The second-order valence-corrected chi connectivity index (χ2v) is 9.14. The van der Waals surface area contributed by atoms with Gasteiger partial charge in [-0.2, -0.15) is 0 Å². The van der Waals surface area contributed by atoms with Gasteiger partial charge >= 0.3 is 0 Å². The van der Waals surface area contributed by atoms with E-state index in [0.717, 1.165) is 26.0 Å². The third-order valence-corrected chi connectivity index (χ3v) is 6.99. The molecule has 2 aromatic carbocycles. The summed E-state index contributed by atoms with van der Waals surface area (Å²) in [5, 5.41) is 0.612. The Kier molecular flexibility index (Phi) is 4.70. The number of ether oxygens (including phenoxy) is 2. The molecule has 0 N–H and O–H groups in total. The van der Waals surface area contributed by atoms with E-state index in [1.54, 1.807) is 22.8 Å². The van der Waals surface area contributed by atoms with Crippen molar-refractivity contribution in [1.29, 1.82) is 0 Å². The molecule has 5 aromatic rings. The molecule has 7 nitrogen and oxygen atoms in total. The number of thiazole rings is 2. The van der Waals surface area contributed by atoms with Gasteiger partial charge in [0, 0.05) is 30.1 Å². The lowest BCUT2D eigenvalue weighted by molar-refractivity contribution is 0.0985. The summed E-state index contributed by atoms with van der Waals surface area (Å²) in [6, 6.07) is 13.2. The number of pyridine rings is 1. The monoisotopic (exact) mass is 460 g/mol. The molecule has 0 unspecified atom stereocenters. The van der Waals surface area contributed by atoms with Gasteiger partial charge in [0.2, 0.25) is 0 Å². The molecule has 1 amide bonds. The van der Waals surface area contributed by atoms with Crippen molar-refractivity contribution in [3.8, 4) is 11.5 Å². The van der Waals surface area contributed by atoms with Gasteiger partial charge in [-0.05, 0) is 29.8 Å². The third kappa shape index (κ3) is 3.45. The van der Waals surface area contributed by atoms with Crippen LogP contribution in [-0.4, -0.2) is 34.1 Å². The average Bonchev–Trinajstić information content (AvgIpc) is 3.47. The first-order chi connectivity index (χ1) is 15.7. The summed E-state index contributed by atoms with van der Waals surface area (Å²) in [7, 11) is 0. The summed E-state index contributed by atoms with van der Waals surface area (Å²) >= 11 is 2.97. The number of amides is 1. The largest absolute Gasteiger partial charge is 0.486 e. The van der Waals surface area contributed by atoms with Gasteiger partial charge in [-0.1, -0.05) is 17.4 Å². The molecule has 0 radical (unpaired) electrons. The van der Waals surface area contributed by atoms with E-state index in [1.165, 1.54) is 22.7 Å². The van der Waals surface area contributed by atoms with Crippen LogP contribution < -0.4 is 14.4 Å². The number of anilines is 1. The second kappa shape index (κ2) is 7.85. The van der Waals surface area contributed by atoms with E-state index < -0.39 is 0 Å². The number of rotatable bonds is 4. The first kappa shape index (κ1) is 19.1. The molecule has 0 fully saturated rings. The quantitative estimate of drug-likeness (QED) is 0.379. The van der Waals surface area contributed by atoms with Gasteiger partial charge in [0.1, 0.15) is 13.2 Å². The molecule has 0 atom stereocenters. The zero-order valence-electron chi connectivity index (χ0n) is 16.7. The molecule has 6 rings (SSSR count). The van der Waals surface area contributed by atoms with E-state index in [9.17, 15) is 4.79 Å². The standard InChI is InChI=1S/C23H16N4O3S2/c28-22(15-3-4-16-20(8-15)31-13-25-16)27(12-14-2-1-5-24-11-14)23-26-17-9-18-19(10-21(17)32-23)30-7-6-29-18/h1-5,8-11,13H,6-7,12H2. The van der Waals surface area contributed by atoms with Crippen molar-refractivity contribution in [3.05, 3.63) is 71.5 Å². The maximum Gasteiger partial charge on any atom is 0.260 e. The summed E-state index contributed by atoms with van der Waals surface area (Å²) in [5.41, 5.74) is 4.96. The Hall–Kier alpha value is -3.56.